The molecular formula is C23H33IN6O. The van der Waals surface area contributed by atoms with Crippen molar-refractivity contribution >= 4 is 41.7 Å². The molecule has 1 aromatic carbocycles. The standard InChI is InChI=1S/C23H32N6O.HI/c1-4-18(2)27-22(30)20-9-7-8-19(16-20)17-26-23(24-3)29-14-12-28(13-15-29)21-10-5-6-11-25-21;/h5-11,16,18H,4,12-15,17H2,1-3H3,(H,24,26)(H,27,30);1H. The summed E-state index contributed by atoms with van der Waals surface area (Å²) < 4.78 is 0. The molecule has 2 N–H and O–H groups in total. The summed E-state index contributed by atoms with van der Waals surface area (Å²) in [5.74, 6) is 1.87. The van der Waals surface area contributed by atoms with Crippen LogP contribution in [0.25, 0.3) is 0 Å². The van der Waals surface area contributed by atoms with E-state index in [0.29, 0.717) is 12.1 Å². The van der Waals surface area contributed by atoms with Crippen LogP contribution < -0.4 is 15.5 Å². The van der Waals surface area contributed by atoms with Crippen molar-refractivity contribution < 1.29 is 4.79 Å². The number of nitrogens with zero attached hydrogens (tertiary/aromatic N) is 4. The minimum absolute atomic E-state index is 0. The number of aliphatic imine (C=N–C) groups is 1. The van der Waals surface area contributed by atoms with Gasteiger partial charge in [-0.3, -0.25) is 9.79 Å². The highest BCUT2D eigenvalue weighted by molar-refractivity contribution is 14.0. The summed E-state index contributed by atoms with van der Waals surface area (Å²) in [4.78, 5) is 25.8. The Morgan fingerprint density at radius 2 is 1.94 bits per heavy atom. The molecule has 0 radical (unpaired) electrons. The number of piperazine rings is 1. The average molecular weight is 536 g/mol. The molecule has 0 aliphatic carbocycles. The van der Waals surface area contributed by atoms with Crippen molar-refractivity contribution in [2.24, 2.45) is 4.99 Å². The van der Waals surface area contributed by atoms with Crippen molar-refractivity contribution in [3.63, 3.8) is 0 Å². The van der Waals surface area contributed by atoms with Crippen LogP contribution in [0.5, 0.6) is 0 Å². The number of hydrogen-bond acceptors (Lipinski definition) is 4. The summed E-state index contributed by atoms with van der Waals surface area (Å²) in [5.41, 5.74) is 1.74. The Bertz CT molecular complexity index is 852. The Kier molecular flexibility index (Phi) is 10.0. The normalized spacial score (nSPS) is 15.1. The van der Waals surface area contributed by atoms with E-state index in [1.54, 1.807) is 0 Å². The zero-order valence-electron chi connectivity index (χ0n) is 18.5. The van der Waals surface area contributed by atoms with Crippen molar-refractivity contribution in [2.75, 3.05) is 38.1 Å². The van der Waals surface area contributed by atoms with E-state index in [1.165, 1.54) is 0 Å². The van der Waals surface area contributed by atoms with Gasteiger partial charge >= 0.3 is 0 Å². The zero-order chi connectivity index (χ0) is 21.3. The number of carbonyl (C=O) groups excluding carboxylic acids is 1. The van der Waals surface area contributed by atoms with Gasteiger partial charge in [-0.2, -0.15) is 0 Å². The van der Waals surface area contributed by atoms with Gasteiger partial charge in [0.25, 0.3) is 5.91 Å². The number of aromatic nitrogens is 1. The highest BCUT2D eigenvalue weighted by Gasteiger charge is 2.20. The number of guanidine groups is 1. The first kappa shape index (κ1) is 24.9. The van der Waals surface area contributed by atoms with Crippen LogP contribution in [0.15, 0.2) is 53.7 Å². The number of rotatable bonds is 6. The maximum atomic E-state index is 12.4. The van der Waals surface area contributed by atoms with Crippen molar-refractivity contribution in [3.05, 3.63) is 59.8 Å². The Morgan fingerprint density at radius 1 is 1.16 bits per heavy atom. The molecule has 2 heterocycles. The molecule has 1 unspecified atom stereocenters. The van der Waals surface area contributed by atoms with Crippen LogP contribution in [0.4, 0.5) is 5.82 Å². The van der Waals surface area contributed by atoms with Gasteiger partial charge in [0, 0.05) is 57.6 Å². The van der Waals surface area contributed by atoms with Crippen LogP contribution in [0, 0.1) is 0 Å². The highest BCUT2D eigenvalue weighted by atomic mass is 127. The lowest BCUT2D eigenvalue weighted by molar-refractivity contribution is 0.0939. The van der Waals surface area contributed by atoms with Gasteiger partial charge in [0.15, 0.2) is 5.96 Å². The molecule has 8 heteroatoms. The average Bonchev–Trinajstić information content (AvgIpc) is 2.80. The number of hydrogen-bond donors (Lipinski definition) is 2. The smallest absolute Gasteiger partial charge is 0.251 e. The first-order valence-corrected chi connectivity index (χ1v) is 10.6. The van der Waals surface area contributed by atoms with E-state index in [1.807, 2.05) is 62.6 Å². The predicted octanol–water partition coefficient (Wildman–Crippen LogP) is 3.13. The fourth-order valence-electron chi connectivity index (χ4n) is 3.43. The van der Waals surface area contributed by atoms with E-state index >= 15 is 0 Å². The second-order valence-corrected chi connectivity index (χ2v) is 7.55. The lowest BCUT2D eigenvalue weighted by Gasteiger charge is -2.37. The number of anilines is 1. The first-order chi connectivity index (χ1) is 14.6. The van der Waals surface area contributed by atoms with Gasteiger partial charge in [-0.15, -0.1) is 24.0 Å². The Hall–Kier alpha value is -2.36. The number of carbonyl (C=O) groups is 1. The molecule has 31 heavy (non-hydrogen) atoms. The summed E-state index contributed by atoms with van der Waals surface area (Å²) in [6, 6.07) is 13.9. The number of benzene rings is 1. The summed E-state index contributed by atoms with van der Waals surface area (Å²) >= 11 is 0. The van der Waals surface area contributed by atoms with Gasteiger partial charge in [-0.25, -0.2) is 4.98 Å². The maximum Gasteiger partial charge on any atom is 0.251 e. The van der Waals surface area contributed by atoms with E-state index in [4.69, 9.17) is 0 Å². The summed E-state index contributed by atoms with van der Waals surface area (Å²) in [6.07, 6.45) is 2.75. The third-order valence-corrected chi connectivity index (χ3v) is 5.39. The van der Waals surface area contributed by atoms with Crippen molar-refractivity contribution in [2.45, 2.75) is 32.9 Å². The van der Waals surface area contributed by atoms with E-state index in [-0.39, 0.29) is 35.9 Å². The van der Waals surface area contributed by atoms with Crippen molar-refractivity contribution in [1.29, 1.82) is 0 Å². The Labute approximate surface area is 202 Å². The van der Waals surface area contributed by atoms with E-state index in [2.05, 4.69) is 37.3 Å². The largest absolute Gasteiger partial charge is 0.353 e. The molecule has 7 nitrogen and oxygen atoms in total. The number of nitrogens with one attached hydrogen (secondary N) is 2. The third kappa shape index (κ3) is 7.09. The van der Waals surface area contributed by atoms with E-state index in [0.717, 1.165) is 49.9 Å². The Balaban J connectivity index is 0.00000341. The summed E-state index contributed by atoms with van der Waals surface area (Å²) in [5, 5.41) is 6.46. The third-order valence-electron chi connectivity index (χ3n) is 5.39. The first-order valence-electron chi connectivity index (χ1n) is 10.6. The lowest BCUT2D eigenvalue weighted by Crippen LogP contribution is -2.52. The lowest BCUT2D eigenvalue weighted by atomic mass is 10.1. The van der Waals surface area contributed by atoms with Crippen LogP contribution in [-0.2, 0) is 6.54 Å². The van der Waals surface area contributed by atoms with E-state index < -0.39 is 0 Å². The molecule has 3 rings (SSSR count). The molecule has 1 fully saturated rings. The molecule has 1 atom stereocenters. The van der Waals surface area contributed by atoms with Crippen LogP contribution in [0.3, 0.4) is 0 Å². The van der Waals surface area contributed by atoms with Crippen molar-refractivity contribution in [3.8, 4) is 0 Å². The molecule has 1 aliphatic heterocycles. The number of halogens is 1. The monoisotopic (exact) mass is 536 g/mol. The van der Waals surface area contributed by atoms with Crippen LogP contribution in [-0.4, -0.2) is 61.0 Å². The molecule has 1 aliphatic rings. The van der Waals surface area contributed by atoms with Crippen LogP contribution >= 0.6 is 24.0 Å². The van der Waals surface area contributed by atoms with Crippen LogP contribution in [0.1, 0.15) is 36.2 Å². The van der Waals surface area contributed by atoms with Gasteiger partial charge in [0.2, 0.25) is 0 Å². The summed E-state index contributed by atoms with van der Waals surface area (Å²) in [6.45, 7) is 8.28. The van der Waals surface area contributed by atoms with E-state index in [9.17, 15) is 4.79 Å². The molecular weight excluding hydrogens is 503 g/mol. The number of pyridine rings is 1. The molecule has 0 bridgehead atoms. The molecule has 168 valence electrons. The van der Waals surface area contributed by atoms with Crippen LogP contribution in [0.2, 0.25) is 0 Å². The fourth-order valence-corrected chi connectivity index (χ4v) is 3.43. The molecule has 0 spiro atoms. The topological polar surface area (TPSA) is 72.9 Å². The van der Waals surface area contributed by atoms with Gasteiger partial charge < -0.3 is 20.4 Å². The highest BCUT2D eigenvalue weighted by Crippen LogP contribution is 2.13. The second kappa shape index (κ2) is 12.5. The van der Waals surface area contributed by atoms with Gasteiger partial charge in [0.1, 0.15) is 5.82 Å². The molecule has 1 amide bonds. The zero-order valence-corrected chi connectivity index (χ0v) is 20.9. The minimum atomic E-state index is -0.0266. The SMILES string of the molecule is CCC(C)NC(=O)c1cccc(CNC(=NC)N2CCN(c3ccccn3)CC2)c1.I. The molecule has 0 saturated carbocycles. The van der Waals surface area contributed by atoms with Crippen molar-refractivity contribution in [1.82, 2.24) is 20.5 Å². The molecule has 1 aromatic heterocycles. The summed E-state index contributed by atoms with van der Waals surface area (Å²) in [7, 11) is 1.81. The molecule has 1 saturated heterocycles. The number of amides is 1. The maximum absolute atomic E-state index is 12.4. The Morgan fingerprint density at radius 3 is 2.58 bits per heavy atom. The predicted molar refractivity (Wildman–Crippen MR) is 137 cm³/mol. The quantitative estimate of drug-likeness (QED) is 0.337. The van der Waals surface area contributed by atoms with Gasteiger partial charge in [-0.05, 0) is 43.2 Å². The fraction of sp³-hybridized carbons (Fsp3) is 0.435. The second-order valence-electron chi connectivity index (χ2n) is 7.55. The van der Waals surface area contributed by atoms with Gasteiger partial charge in [-0.1, -0.05) is 25.1 Å². The van der Waals surface area contributed by atoms with Gasteiger partial charge in [0.05, 0.1) is 0 Å². The molecule has 2 aromatic rings. The minimum Gasteiger partial charge on any atom is -0.353 e.